The third-order valence-corrected chi connectivity index (χ3v) is 6.95. The second kappa shape index (κ2) is 6.58. The first-order chi connectivity index (χ1) is 9.76. The van der Waals surface area contributed by atoms with Gasteiger partial charge in [-0.25, -0.2) is 0 Å². The van der Waals surface area contributed by atoms with Gasteiger partial charge in [-0.15, -0.1) is 0 Å². The molecule has 0 aromatic heterocycles. The number of nitrogens with zero attached hydrogens (tertiary/aromatic N) is 1. The molecule has 0 unspecified atom stereocenters. The number of hydrogen-bond acceptors (Lipinski definition) is 3. The van der Waals surface area contributed by atoms with Crippen molar-refractivity contribution in [3.63, 3.8) is 0 Å². The van der Waals surface area contributed by atoms with E-state index in [1.807, 2.05) is 0 Å². The van der Waals surface area contributed by atoms with E-state index in [1.165, 1.54) is 77.4 Å². The molecule has 3 heteroatoms. The maximum Gasteiger partial charge on any atom is 0.0472 e. The number of hydrogen-bond donors (Lipinski definition) is 1. The van der Waals surface area contributed by atoms with Gasteiger partial charge < -0.3 is 9.64 Å². The van der Waals surface area contributed by atoms with E-state index in [4.69, 9.17) is 4.74 Å². The van der Waals surface area contributed by atoms with Crippen LogP contribution >= 0.6 is 12.6 Å². The molecular weight excluding hydrogens is 266 g/mol. The first-order valence-electron chi connectivity index (χ1n) is 8.67. The summed E-state index contributed by atoms with van der Waals surface area (Å²) in [5, 5.41) is 0. The maximum atomic E-state index is 5.55. The van der Waals surface area contributed by atoms with Crippen LogP contribution in [0.4, 0.5) is 0 Å². The van der Waals surface area contributed by atoms with Gasteiger partial charge in [0.05, 0.1) is 0 Å². The van der Waals surface area contributed by atoms with Gasteiger partial charge in [-0.2, -0.15) is 12.6 Å². The van der Waals surface area contributed by atoms with Gasteiger partial charge in [-0.1, -0.05) is 19.3 Å². The minimum absolute atomic E-state index is 0.429. The Kier molecular flexibility index (Phi) is 4.99. The van der Waals surface area contributed by atoms with Crippen molar-refractivity contribution < 1.29 is 4.74 Å². The molecule has 0 N–H and O–H groups in total. The first-order valence-corrected chi connectivity index (χ1v) is 9.30. The Morgan fingerprint density at radius 3 is 2.10 bits per heavy atom. The SMILES string of the molecule is SCC1(CN2CCC3(CCCCC3)CC2)CCOCC1. The molecule has 0 aromatic carbocycles. The van der Waals surface area contributed by atoms with Crippen molar-refractivity contribution in [2.75, 3.05) is 38.6 Å². The Hall–Kier alpha value is 0.270. The van der Waals surface area contributed by atoms with Crippen molar-refractivity contribution >= 4 is 12.6 Å². The largest absolute Gasteiger partial charge is 0.381 e. The van der Waals surface area contributed by atoms with Crippen LogP contribution in [0.15, 0.2) is 0 Å². The predicted octanol–water partition coefficient (Wildman–Crippen LogP) is 3.76. The Bertz CT molecular complexity index is 298. The van der Waals surface area contributed by atoms with Gasteiger partial charge in [0.1, 0.15) is 0 Å². The van der Waals surface area contributed by atoms with E-state index in [0.717, 1.165) is 24.4 Å². The average molecular weight is 298 g/mol. The van der Waals surface area contributed by atoms with E-state index < -0.39 is 0 Å². The highest BCUT2D eigenvalue weighted by atomic mass is 32.1. The van der Waals surface area contributed by atoms with Crippen molar-refractivity contribution in [3.8, 4) is 0 Å². The summed E-state index contributed by atoms with van der Waals surface area (Å²) in [6.45, 7) is 5.80. The molecule has 0 bridgehead atoms. The topological polar surface area (TPSA) is 12.5 Å². The Morgan fingerprint density at radius 1 is 0.850 bits per heavy atom. The third-order valence-electron chi connectivity index (χ3n) is 6.28. The molecule has 0 aromatic rings. The Labute approximate surface area is 130 Å². The van der Waals surface area contributed by atoms with Gasteiger partial charge in [0, 0.05) is 19.8 Å². The highest BCUT2D eigenvalue weighted by Crippen LogP contribution is 2.45. The van der Waals surface area contributed by atoms with Gasteiger partial charge in [-0.3, -0.25) is 0 Å². The Morgan fingerprint density at radius 2 is 1.50 bits per heavy atom. The van der Waals surface area contributed by atoms with E-state index in [0.29, 0.717) is 5.41 Å². The van der Waals surface area contributed by atoms with Crippen molar-refractivity contribution in [3.05, 3.63) is 0 Å². The summed E-state index contributed by atoms with van der Waals surface area (Å²) in [7, 11) is 0. The monoisotopic (exact) mass is 297 g/mol. The molecule has 2 nitrogen and oxygen atoms in total. The van der Waals surface area contributed by atoms with Crippen molar-refractivity contribution in [1.29, 1.82) is 0 Å². The fourth-order valence-electron chi connectivity index (χ4n) is 4.63. The average Bonchev–Trinajstić information content (AvgIpc) is 2.52. The molecule has 1 spiro atoms. The van der Waals surface area contributed by atoms with Crippen LogP contribution in [0.2, 0.25) is 0 Å². The van der Waals surface area contributed by atoms with Crippen molar-refractivity contribution in [1.82, 2.24) is 4.90 Å². The molecule has 3 fully saturated rings. The third kappa shape index (κ3) is 3.36. The van der Waals surface area contributed by atoms with Crippen LogP contribution in [0, 0.1) is 10.8 Å². The number of piperidine rings is 1. The summed E-state index contributed by atoms with van der Waals surface area (Å²) >= 11 is 4.66. The number of rotatable bonds is 3. The molecular formula is C17H31NOS. The standard InChI is InChI=1S/C17H31NOS/c20-15-17(8-12-19-13-9-17)14-18-10-6-16(7-11-18)4-2-1-3-5-16/h20H,1-15H2. The first kappa shape index (κ1) is 15.2. The zero-order valence-corrected chi connectivity index (χ0v) is 13.8. The van der Waals surface area contributed by atoms with E-state index in [2.05, 4.69) is 17.5 Å². The fraction of sp³-hybridized carbons (Fsp3) is 1.00. The lowest BCUT2D eigenvalue weighted by Crippen LogP contribution is -2.48. The second-order valence-electron chi connectivity index (χ2n) is 7.61. The molecule has 20 heavy (non-hydrogen) atoms. The quantitative estimate of drug-likeness (QED) is 0.796. The molecule has 116 valence electrons. The highest BCUT2D eigenvalue weighted by Gasteiger charge is 2.38. The molecule has 0 amide bonds. The van der Waals surface area contributed by atoms with Gasteiger partial charge in [-0.05, 0) is 68.2 Å². The van der Waals surface area contributed by atoms with Crippen LogP contribution in [0.3, 0.4) is 0 Å². The van der Waals surface area contributed by atoms with E-state index in [9.17, 15) is 0 Å². The summed E-state index contributed by atoms with van der Waals surface area (Å²) in [4.78, 5) is 2.74. The van der Waals surface area contributed by atoms with Crippen LogP contribution in [-0.4, -0.2) is 43.5 Å². The molecule has 2 aliphatic heterocycles. The summed E-state index contributed by atoms with van der Waals surface area (Å²) in [5.74, 6) is 1.03. The van der Waals surface area contributed by atoms with E-state index in [-0.39, 0.29) is 0 Å². The number of likely N-dealkylation sites (tertiary alicyclic amines) is 1. The van der Waals surface area contributed by atoms with Gasteiger partial charge in [0.2, 0.25) is 0 Å². The summed E-state index contributed by atoms with van der Waals surface area (Å²) in [6, 6.07) is 0. The molecule has 1 aliphatic carbocycles. The lowest BCUT2D eigenvalue weighted by atomic mass is 9.68. The van der Waals surface area contributed by atoms with Crippen LogP contribution in [-0.2, 0) is 4.74 Å². The zero-order valence-electron chi connectivity index (χ0n) is 12.9. The number of ether oxygens (including phenoxy) is 1. The zero-order chi connectivity index (χ0) is 13.9. The minimum atomic E-state index is 0.429. The second-order valence-corrected chi connectivity index (χ2v) is 7.92. The lowest BCUT2D eigenvalue weighted by Gasteiger charge is -2.47. The summed E-state index contributed by atoms with van der Waals surface area (Å²) in [5.41, 5.74) is 1.16. The summed E-state index contributed by atoms with van der Waals surface area (Å²) in [6.07, 6.45) is 12.8. The van der Waals surface area contributed by atoms with E-state index in [1.54, 1.807) is 0 Å². The molecule has 0 radical (unpaired) electrons. The van der Waals surface area contributed by atoms with Crippen LogP contribution in [0.25, 0.3) is 0 Å². The Balaban J connectivity index is 1.52. The lowest BCUT2D eigenvalue weighted by molar-refractivity contribution is -0.00965. The van der Waals surface area contributed by atoms with Gasteiger partial charge in [0.15, 0.2) is 0 Å². The molecule has 2 heterocycles. The summed E-state index contributed by atoms with van der Waals surface area (Å²) < 4.78 is 5.55. The van der Waals surface area contributed by atoms with Gasteiger partial charge in [0.25, 0.3) is 0 Å². The fourth-order valence-corrected chi connectivity index (χ4v) is 5.05. The maximum absolute atomic E-state index is 5.55. The minimum Gasteiger partial charge on any atom is -0.381 e. The molecule has 0 atom stereocenters. The van der Waals surface area contributed by atoms with Crippen LogP contribution < -0.4 is 0 Å². The molecule has 2 saturated heterocycles. The van der Waals surface area contributed by atoms with Crippen LogP contribution in [0.1, 0.15) is 57.8 Å². The normalized spacial score (nSPS) is 30.4. The number of thiol groups is 1. The molecule has 3 rings (SSSR count). The predicted molar refractivity (Wildman–Crippen MR) is 87.5 cm³/mol. The molecule has 1 saturated carbocycles. The van der Waals surface area contributed by atoms with Gasteiger partial charge >= 0.3 is 0 Å². The van der Waals surface area contributed by atoms with Crippen molar-refractivity contribution in [2.24, 2.45) is 10.8 Å². The molecule has 3 aliphatic rings. The van der Waals surface area contributed by atoms with E-state index >= 15 is 0 Å². The smallest absolute Gasteiger partial charge is 0.0472 e. The van der Waals surface area contributed by atoms with Crippen molar-refractivity contribution in [2.45, 2.75) is 57.8 Å². The highest BCUT2D eigenvalue weighted by molar-refractivity contribution is 7.80. The van der Waals surface area contributed by atoms with Crippen LogP contribution in [0.5, 0.6) is 0 Å².